The molecule has 0 saturated carbocycles. The van der Waals surface area contributed by atoms with Crippen molar-refractivity contribution >= 4 is 28.9 Å². The van der Waals surface area contributed by atoms with Gasteiger partial charge in [0.05, 0.1) is 10.6 Å². The van der Waals surface area contributed by atoms with E-state index < -0.39 is 0 Å². The quantitative estimate of drug-likeness (QED) is 0.819. The zero-order valence-electron chi connectivity index (χ0n) is 10.8. The lowest BCUT2D eigenvalue weighted by molar-refractivity contribution is 0.102. The molecular weight excluding hydrogens is 260 g/mol. The van der Waals surface area contributed by atoms with E-state index in [0.717, 1.165) is 16.8 Å². The Morgan fingerprint density at radius 3 is 2.37 bits per heavy atom. The van der Waals surface area contributed by atoms with E-state index in [1.807, 2.05) is 32.0 Å². The first-order valence-electron chi connectivity index (χ1n) is 5.90. The number of halogens is 1. The fraction of sp³-hybridized carbons (Fsp3) is 0.133. The largest absolute Gasteiger partial charge is 0.399 e. The first-order chi connectivity index (χ1) is 8.95. The summed E-state index contributed by atoms with van der Waals surface area (Å²) in [5.41, 5.74) is 9.49. The molecule has 0 aromatic heterocycles. The lowest BCUT2D eigenvalue weighted by atomic mass is 10.1. The van der Waals surface area contributed by atoms with E-state index in [1.54, 1.807) is 18.2 Å². The minimum absolute atomic E-state index is 0.262. The number of benzene rings is 2. The molecule has 0 saturated heterocycles. The average molecular weight is 275 g/mol. The molecule has 0 spiro atoms. The molecule has 4 heteroatoms. The summed E-state index contributed by atoms with van der Waals surface area (Å²) >= 11 is 6.00. The number of aryl methyl sites for hydroxylation is 2. The molecule has 0 aliphatic heterocycles. The Labute approximate surface area is 117 Å². The summed E-state index contributed by atoms with van der Waals surface area (Å²) < 4.78 is 0. The van der Waals surface area contributed by atoms with Crippen LogP contribution in [0, 0.1) is 13.8 Å². The highest BCUT2D eigenvalue weighted by Gasteiger charge is 2.11. The Bertz CT molecular complexity index is 618. The smallest absolute Gasteiger partial charge is 0.257 e. The van der Waals surface area contributed by atoms with Gasteiger partial charge in [-0.05, 0) is 55.3 Å². The molecule has 2 aromatic carbocycles. The molecule has 0 bridgehead atoms. The van der Waals surface area contributed by atoms with Crippen LogP contribution in [-0.4, -0.2) is 5.91 Å². The summed E-state index contributed by atoms with van der Waals surface area (Å²) in [5.74, 6) is -0.262. The Kier molecular flexibility index (Phi) is 3.76. The number of anilines is 2. The number of carbonyl (C=O) groups is 1. The third-order valence-corrected chi connectivity index (χ3v) is 3.04. The maximum absolute atomic E-state index is 12.2. The topological polar surface area (TPSA) is 55.1 Å². The van der Waals surface area contributed by atoms with Crippen LogP contribution >= 0.6 is 11.6 Å². The molecule has 3 N–H and O–H groups in total. The van der Waals surface area contributed by atoms with Crippen LogP contribution in [0.2, 0.25) is 5.02 Å². The summed E-state index contributed by atoms with van der Waals surface area (Å²) in [5, 5.41) is 3.21. The summed E-state index contributed by atoms with van der Waals surface area (Å²) in [6, 6.07) is 10.7. The van der Waals surface area contributed by atoms with Gasteiger partial charge in [-0.25, -0.2) is 0 Å². The molecule has 0 aliphatic carbocycles. The van der Waals surface area contributed by atoms with Gasteiger partial charge >= 0.3 is 0 Å². The monoisotopic (exact) mass is 274 g/mol. The van der Waals surface area contributed by atoms with Gasteiger partial charge in [0.25, 0.3) is 5.91 Å². The molecule has 2 aromatic rings. The van der Waals surface area contributed by atoms with Gasteiger partial charge in [0.1, 0.15) is 0 Å². The van der Waals surface area contributed by atoms with Crippen molar-refractivity contribution in [2.45, 2.75) is 13.8 Å². The number of carbonyl (C=O) groups excluding carboxylic acids is 1. The standard InChI is InChI=1S/C15H15ClN2O/c1-9-5-10(2)7-12(6-9)18-15(19)13-8-11(17)3-4-14(13)16/h3-8H,17H2,1-2H3,(H,18,19). The van der Waals surface area contributed by atoms with Crippen LogP contribution < -0.4 is 11.1 Å². The van der Waals surface area contributed by atoms with Crippen molar-refractivity contribution < 1.29 is 4.79 Å². The van der Waals surface area contributed by atoms with Crippen molar-refractivity contribution in [2.75, 3.05) is 11.1 Å². The molecule has 0 heterocycles. The molecule has 0 fully saturated rings. The predicted molar refractivity (Wildman–Crippen MR) is 79.7 cm³/mol. The van der Waals surface area contributed by atoms with Gasteiger partial charge in [-0.3, -0.25) is 4.79 Å². The number of hydrogen-bond acceptors (Lipinski definition) is 2. The van der Waals surface area contributed by atoms with Crippen molar-refractivity contribution in [3.8, 4) is 0 Å². The number of nitrogens with one attached hydrogen (secondary N) is 1. The Balaban J connectivity index is 2.28. The average Bonchev–Trinajstić information content (AvgIpc) is 2.30. The third kappa shape index (κ3) is 3.26. The van der Waals surface area contributed by atoms with Crippen molar-refractivity contribution in [2.24, 2.45) is 0 Å². The number of rotatable bonds is 2. The number of nitrogens with two attached hydrogens (primary N) is 1. The van der Waals surface area contributed by atoms with Gasteiger partial charge in [0, 0.05) is 11.4 Å². The van der Waals surface area contributed by atoms with Gasteiger partial charge in [-0.2, -0.15) is 0 Å². The van der Waals surface area contributed by atoms with E-state index in [2.05, 4.69) is 5.32 Å². The van der Waals surface area contributed by atoms with Crippen molar-refractivity contribution in [3.05, 3.63) is 58.1 Å². The van der Waals surface area contributed by atoms with E-state index in [0.29, 0.717) is 16.3 Å². The Morgan fingerprint density at radius 1 is 1.11 bits per heavy atom. The molecule has 0 radical (unpaired) electrons. The van der Waals surface area contributed by atoms with Crippen LogP contribution in [0.4, 0.5) is 11.4 Å². The summed E-state index contributed by atoms with van der Waals surface area (Å²) in [4.78, 5) is 12.2. The molecule has 19 heavy (non-hydrogen) atoms. The van der Waals surface area contributed by atoms with E-state index in [9.17, 15) is 4.79 Å². The van der Waals surface area contributed by atoms with Crippen LogP contribution in [0.3, 0.4) is 0 Å². The van der Waals surface area contributed by atoms with Crippen LogP contribution in [0.25, 0.3) is 0 Å². The minimum Gasteiger partial charge on any atom is -0.399 e. The van der Waals surface area contributed by atoms with E-state index in [4.69, 9.17) is 17.3 Å². The summed E-state index contributed by atoms with van der Waals surface area (Å²) in [6.07, 6.45) is 0. The SMILES string of the molecule is Cc1cc(C)cc(NC(=O)c2cc(N)ccc2Cl)c1. The maximum Gasteiger partial charge on any atom is 0.257 e. The molecule has 0 atom stereocenters. The summed E-state index contributed by atoms with van der Waals surface area (Å²) in [6.45, 7) is 3.96. The minimum atomic E-state index is -0.262. The van der Waals surface area contributed by atoms with E-state index in [-0.39, 0.29) is 5.91 Å². The molecule has 0 aliphatic rings. The van der Waals surface area contributed by atoms with E-state index >= 15 is 0 Å². The molecule has 98 valence electrons. The predicted octanol–water partition coefficient (Wildman–Crippen LogP) is 3.79. The second kappa shape index (κ2) is 5.33. The Morgan fingerprint density at radius 2 is 1.74 bits per heavy atom. The van der Waals surface area contributed by atoms with E-state index in [1.165, 1.54) is 0 Å². The lowest BCUT2D eigenvalue weighted by Gasteiger charge is -2.09. The highest BCUT2D eigenvalue weighted by Crippen LogP contribution is 2.21. The van der Waals surface area contributed by atoms with Crippen LogP contribution in [-0.2, 0) is 0 Å². The maximum atomic E-state index is 12.2. The Hall–Kier alpha value is -2.00. The fourth-order valence-corrected chi connectivity index (χ4v) is 2.17. The van der Waals surface area contributed by atoms with Gasteiger partial charge in [-0.15, -0.1) is 0 Å². The first kappa shape index (κ1) is 13.4. The molecule has 2 rings (SSSR count). The zero-order valence-corrected chi connectivity index (χ0v) is 11.6. The van der Waals surface area contributed by atoms with Crippen molar-refractivity contribution in [1.29, 1.82) is 0 Å². The summed E-state index contributed by atoms with van der Waals surface area (Å²) in [7, 11) is 0. The van der Waals surface area contributed by atoms with Crippen LogP contribution in [0.5, 0.6) is 0 Å². The first-order valence-corrected chi connectivity index (χ1v) is 6.28. The van der Waals surface area contributed by atoms with Crippen molar-refractivity contribution in [3.63, 3.8) is 0 Å². The third-order valence-electron chi connectivity index (χ3n) is 2.71. The molecule has 0 unspecified atom stereocenters. The van der Waals surface area contributed by atoms with Crippen LogP contribution in [0.1, 0.15) is 21.5 Å². The molecular formula is C15H15ClN2O. The van der Waals surface area contributed by atoms with Crippen LogP contribution in [0.15, 0.2) is 36.4 Å². The van der Waals surface area contributed by atoms with Crippen molar-refractivity contribution in [1.82, 2.24) is 0 Å². The second-order valence-electron chi connectivity index (χ2n) is 4.57. The van der Waals surface area contributed by atoms with Gasteiger partial charge in [0.2, 0.25) is 0 Å². The number of amides is 1. The van der Waals surface area contributed by atoms with Gasteiger partial charge < -0.3 is 11.1 Å². The number of nitrogen functional groups attached to an aromatic ring is 1. The number of hydrogen-bond donors (Lipinski definition) is 2. The highest BCUT2D eigenvalue weighted by molar-refractivity contribution is 6.34. The lowest BCUT2D eigenvalue weighted by Crippen LogP contribution is -2.13. The second-order valence-corrected chi connectivity index (χ2v) is 4.98. The highest BCUT2D eigenvalue weighted by atomic mass is 35.5. The molecule has 3 nitrogen and oxygen atoms in total. The van der Waals surface area contributed by atoms with Gasteiger partial charge in [0.15, 0.2) is 0 Å². The normalized spacial score (nSPS) is 10.3. The molecule has 1 amide bonds. The zero-order chi connectivity index (χ0) is 14.0. The van der Waals surface area contributed by atoms with Gasteiger partial charge in [-0.1, -0.05) is 17.7 Å². The fourth-order valence-electron chi connectivity index (χ4n) is 1.96.